The molecule has 0 aliphatic rings. The molecule has 0 unspecified atom stereocenters. The Morgan fingerprint density at radius 2 is 1.95 bits per heavy atom. The van der Waals surface area contributed by atoms with Gasteiger partial charge in [0.1, 0.15) is 5.75 Å². The maximum absolute atomic E-state index is 11.8. The largest absolute Gasteiger partial charge is 0.483 e. The number of hydrogen-bond donors (Lipinski definition) is 1. The highest BCUT2D eigenvalue weighted by atomic mass is 35.5. The summed E-state index contributed by atoms with van der Waals surface area (Å²) < 4.78 is 5.57. The van der Waals surface area contributed by atoms with Gasteiger partial charge in [0.15, 0.2) is 6.61 Å². The van der Waals surface area contributed by atoms with E-state index in [4.69, 9.17) is 16.3 Å². The van der Waals surface area contributed by atoms with Crippen LogP contribution in [0.25, 0.3) is 0 Å². The summed E-state index contributed by atoms with van der Waals surface area (Å²) >= 11 is 5.92. The summed E-state index contributed by atoms with van der Waals surface area (Å²) in [6, 6.07) is 13.5. The second-order valence-electron chi connectivity index (χ2n) is 5.22. The number of hydrogen-bond acceptors (Lipinski definition) is 2. The number of nitrogens with one attached hydrogen (secondary N) is 1. The van der Waals surface area contributed by atoms with Crippen molar-refractivity contribution in [2.45, 2.75) is 20.3 Å². The van der Waals surface area contributed by atoms with Crippen molar-refractivity contribution < 1.29 is 9.53 Å². The van der Waals surface area contributed by atoms with Gasteiger partial charge < -0.3 is 10.1 Å². The zero-order chi connectivity index (χ0) is 15.9. The van der Waals surface area contributed by atoms with Gasteiger partial charge in [-0.05, 0) is 55.2 Å². The number of amides is 1. The second kappa shape index (κ2) is 7.85. The Morgan fingerprint density at radius 3 is 2.73 bits per heavy atom. The van der Waals surface area contributed by atoms with Gasteiger partial charge in [0.2, 0.25) is 0 Å². The van der Waals surface area contributed by atoms with Crippen molar-refractivity contribution in [3.8, 4) is 5.75 Å². The highest BCUT2D eigenvalue weighted by molar-refractivity contribution is 6.30. The van der Waals surface area contributed by atoms with E-state index in [1.54, 1.807) is 0 Å². The molecule has 1 N–H and O–H groups in total. The number of rotatable bonds is 6. The zero-order valence-corrected chi connectivity index (χ0v) is 13.6. The lowest BCUT2D eigenvalue weighted by molar-refractivity contribution is -0.123. The number of benzene rings is 2. The molecule has 2 aromatic rings. The molecule has 3 nitrogen and oxygen atoms in total. The van der Waals surface area contributed by atoms with Crippen LogP contribution in [0.4, 0.5) is 0 Å². The zero-order valence-electron chi connectivity index (χ0n) is 12.9. The molecule has 0 aliphatic heterocycles. The molecule has 0 atom stereocenters. The molecule has 2 aromatic carbocycles. The highest BCUT2D eigenvalue weighted by Gasteiger charge is 2.05. The van der Waals surface area contributed by atoms with Gasteiger partial charge in [0.05, 0.1) is 0 Å². The minimum Gasteiger partial charge on any atom is -0.483 e. The maximum atomic E-state index is 11.8. The van der Waals surface area contributed by atoms with E-state index in [-0.39, 0.29) is 12.5 Å². The van der Waals surface area contributed by atoms with E-state index < -0.39 is 0 Å². The van der Waals surface area contributed by atoms with Crippen LogP contribution in [0.15, 0.2) is 42.5 Å². The van der Waals surface area contributed by atoms with E-state index in [2.05, 4.69) is 5.32 Å². The third kappa shape index (κ3) is 4.78. The molecule has 0 radical (unpaired) electrons. The van der Waals surface area contributed by atoms with Crippen molar-refractivity contribution in [3.05, 3.63) is 64.2 Å². The van der Waals surface area contributed by atoms with E-state index in [1.807, 2.05) is 56.3 Å². The fourth-order valence-electron chi connectivity index (χ4n) is 2.11. The summed E-state index contributed by atoms with van der Waals surface area (Å²) in [6.45, 7) is 4.60. The Bertz CT molecular complexity index is 655. The van der Waals surface area contributed by atoms with Crippen LogP contribution in [0.1, 0.15) is 16.7 Å². The number of halogens is 1. The van der Waals surface area contributed by atoms with E-state index in [0.29, 0.717) is 11.6 Å². The van der Waals surface area contributed by atoms with Crippen LogP contribution in [0, 0.1) is 13.8 Å². The molecule has 0 saturated carbocycles. The van der Waals surface area contributed by atoms with Crippen molar-refractivity contribution in [1.82, 2.24) is 5.32 Å². The summed E-state index contributed by atoms with van der Waals surface area (Å²) in [5.41, 5.74) is 3.32. The first-order valence-electron chi connectivity index (χ1n) is 7.26. The average molecular weight is 318 g/mol. The van der Waals surface area contributed by atoms with Crippen molar-refractivity contribution in [2.24, 2.45) is 0 Å². The van der Waals surface area contributed by atoms with E-state index in [1.165, 1.54) is 0 Å². The third-order valence-corrected chi connectivity index (χ3v) is 3.77. The van der Waals surface area contributed by atoms with Gasteiger partial charge in [-0.15, -0.1) is 0 Å². The summed E-state index contributed by atoms with van der Waals surface area (Å²) in [4.78, 5) is 11.8. The minimum atomic E-state index is -0.122. The second-order valence-corrected chi connectivity index (χ2v) is 5.65. The molecule has 0 aromatic heterocycles. The molecule has 0 aliphatic carbocycles. The first-order chi connectivity index (χ1) is 10.6. The first-order valence-corrected chi connectivity index (χ1v) is 7.64. The van der Waals surface area contributed by atoms with Gasteiger partial charge >= 0.3 is 0 Å². The molecule has 2 rings (SSSR count). The van der Waals surface area contributed by atoms with Gasteiger partial charge in [-0.2, -0.15) is 0 Å². The van der Waals surface area contributed by atoms with Crippen LogP contribution in [-0.2, 0) is 11.2 Å². The molecule has 22 heavy (non-hydrogen) atoms. The standard InChI is InChI=1S/C18H20ClNO2/c1-13-5-3-8-17(14(13)2)22-12-18(21)20-10-9-15-6-4-7-16(19)11-15/h3-8,11H,9-10,12H2,1-2H3,(H,20,21). The van der Waals surface area contributed by atoms with Crippen molar-refractivity contribution in [2.75, 3.05) is 13.2 Å². The maximum Gasteiger partial charge on any atom is 0.257 e. The normalized spacial score (nSPS) is 10.3. The van der Waals surface area contributed by atoms with Gasteiger partial charge in [-0.3, -0.25) is 4.79 Å². The highest BCUT2D eigenvalue weighted by Crippen LogP contribution is 2.20. The Kier molecular flexibility index (Phi) is 5.84. The summed E-state index contributed by atoms with van der Waals surface area (Å²) in [5.74, 6) is 0.632. The van der Waals surface area contributed by atoms with Crippen LogP contribution in [0.5, 0.6) is 5.75 Å². The number of ether oxygens (including phenoxy) is 1. The van der Waals surface area contributed by atoms with Gasteiger partial charge in [-0.1, -0.05) is 35.9 Å². The van der Waals surface area contributed by atoms with Crippen molar-refractivity contribution in [3.63, 3.8) is 0 Å². The monoisotopic (exact) mass is 317 g/mol. The van der Waals surface area contributed by atoms with E-state index in [0.717, 1.165) is 28.9 Å². The van der Waals surface area contributed by atoms with Crippen molar-refractivity contribution in [1.29, 1.82) is 0 Å². The van der Waals surface area contributed by atoms with Crippen LogP contribution in [0.3, 0.4) is 0 Å². The molecular weight excluding hydrogens is 298 g/mol. The lowest BCUT2D eigenvalue weighted by atomic mass is 10.1. The lowest BCUT2D eigenvalue weighted by Crippen LogP contribution is -2.30. The Balaban J connectivity index is 1.75. The quantitative estimate of drug-likeness (QED) is 0.882. The van der Waals surface area contributed by atoms with E-state index >= 15 is 0 Å². The molecule has 0 spiro atoms. The van der Waals surface area contributed by atoms with E-state index in [9.17, 15) is 4.79 Å². The molecule has 0 fully saturated rings. The Morgan fingerprint density at radius 1 is 1.18 bits per heavy atom. The fraction of sp³-hybridized carbons (Fsp3) is 0.278. The number of carbonyl (C=O) groups excluding carboxylic acids is 1. The molecule has 116 valence electrons. The minimum absolute atomic E-state index is 0.0276. The molecular formula is C18H20ClNO2. The SMILES string of the molecule is Cc1cccc(OCC(=O)NCCc2cccc(Cl)c2)c1C. The lowest BCUT2D eigenvalue weighted by Gasteiger charge is -2.11. The van der Waals surface area contributed by atoms with Gasteiger partial charge in [0, 0.05) is 11.6 Å². The van der Waals surface area contributed by atoms with Crippen LogP contribution < -0.4 is 10.1 Å². The Labute approximate surface area is 136 Å². The predicted molar refractivity (Wildman–Crippen MR) is 89.6 cm³/mol. The van der Waals surface area contributed by atoms with Crippen LogP contribution in [0.2, 0.25) is 5.02 Å². The van der Waals surface area contributed by atoms with Crippen LogP contribution in [-0.4, -0.2) is 19.1 Å². The molecule has 1 amide bonds. The fourth-order valence-corrected chi connectivity index (χ4v) is 2.33. The number of aryl methyl sites for hydroxylation is 1. The van der Waals surface area contributed by atoms with Crippen LogP contribution >= 0.6 is 11.6 Å². The van der Waals surface area contributed by atoms with Crippen molar-refractivity contribution >= 4 is 17.5 Å². The molecule has 4 heteroatoms. The summed E-state index contributed by atoms with van der Waals surface area (Å²) in [6.07, 6.45) is 0.746. The first kappa shape index (κ1) is 16.4. The topological polar surface area (TPSA) is 38.3 Å². The average Bonchev–Trinajstić information content (AvgIpc) is 2.49. The van der Waals surface area contributed by atoms with Gasteiger partial charge in [0.25, 0.3) is 5.91 Å². The molecule has 0 saturated heterocycles. The smallest absolute Gasteiger partial charge is 0.257 e. The summed E-state index contributed by atoms with van der Waals surface area (Å²) in [5, 5.41) is 3.56. The molecule has 0 bridgehead atoms. The summed E-state index contributed by atoms with van der Waals surface area (Å²) in [7, 11) is 0. The number of carbonyl (C=O) groups is 1. The third-order valence-electron chi connectivity index (χ3n) is 3.54. The molecule has 0 heterocycles. The van der Waals surface area contributed by atoms with Gasteiger partial charge in [-0.25, -0.2) is 0 Å². The predicted octanol–water partition coefficient (Wildman–Crippen LogP) is 3.69. The Hall–Kier alpha value is -2.00.